The van der Waals surface area contributed by atoms with E-state index in [2.05, 4.69) is 5.32 Å². The zero-order valence-corrected chi connectivity index (χ0v) is 23.5. The van der Waals surface area contributed by atoms with Crippen LogP contribution in [0.2, 0.25) is 0 Å². The number of hydrogen-bond donors (Lipinski definition) is 2. The van der Waals surface area contributed by atoms with E-state index in [4.69, 9.17) is 24.9 Å². The Labute approximate surface area is 237 Å². The van der Waals surface area contributed by atoms with Crippen molar-refractivity contribution in [3.8, 4) is 22.8 Å². The van der Waals surface area contributed by atoms with Crippen molar-refractivity contribution in [3.63, 3.8) is 0 Å². The van der Waals surface area contributed by atoms with E-state index in [0.29, 0.717) is 29.0 Å². The van der Waals surface area contributed by atoms with E-state index < -0.39 is 41.7 Å². The molecule has 1 aliphatic rings. The van der Waals surface area contributed by atoms with Gasteiger partial charge in [-0.3, -0.25) is 9.59 Å². The smallest absolute Gasteiger partial charge is 0.408 e. The fraction of sp³-hybridized carbons (Fsp3) is 0.367. The number of ether oxygens (including phenoxy) is 3. The van der Waals surface area contributed by atoms with E-state index >= 15 is 0 Å². The quantitative estimate of drug-likeness (QED) is 0.378. The van der Waals surface area contributed by atoms with Crippen LogP contribution in [0, 0.1) is 0 Å². The third-order valence-corrected chi connectivity index (χ3v) is 6.54. The molecule has 3 atom stereocenters. The molecule has 1 aromatic heterocycles. The lowest BCUT2D eigenvalue weighted by Gasteiger charge is -2.28. The number of alkyl carbamates (subject to hydrolysis) is 1. The van der Waals surface area contributed by atoms with Gasteiger partial charge in [-0.25, -0.2) is 9.78 Å². The van der Waals surface area contributed by atoms with Crippen molar-refractivity contribution in [1.82, 2.24) is 15.2 Å². The molecule has 4 rings (SSSR count). The lowest BCUT2D eigenvalue weighted by atomic mass is 10.1. The van der Waals surface area contributed by atoms with Gasteiger partial charge in [0, 0.05) is 35.9 Å². The molecule has 1 saturated heterocycles. The number of pyridine rings is 1. The summed E-state index contributed by atoms with van der Waals surface area (Å²) in [5.41, 5.74) is 7.06. The van der Waals surface area contributed by atoms with Crippen LogP contribution in [-0.2, 0) is 19.1 Å². The Morgan fingerprint density at radius 2 is 1.88 bits per heavy atom. The molecule has 0 aliphatic carbocycles. The van der Waals surface area contributed by atoms with E-state index in [9.17, 15) is 19.2 Å². The van der Waals surface area contributed by atoms with Crippen molar-refractivity contribution in [2.75, 3.05) is 13.7 Å². The van der Waals surface area contributed by atoms with Gasteiger partial charge in [0.15, 0.2) is 0 Å². The number of nitrogens with zero attached hydrogens (tertiary/aromatic N) is 2. The number of carbonyl (C=O) groups excluding carboxylic acids is 4. The summed E-state index contributed by atoms with van der Waals surface area (Å²) in [6.45, 7) is 5.04. The molecule has 11 heteroatoms. The highest BCUT2D eigenvalue weighted by atomic mass is 16.6. The molecule has 3 amide bonds. The Bertz CT molecular complexity index is 1440. The van der Waals surface area contributed by atoms with Crippen LogP contribution in [0.3, 0.4) is 0 Å². The molecule has 1 fully saturated rings. The number of amides is 3. The predicted molar refractivity (Wildman–Crippen MR) is 151 cm³/mol. The number of fused-ring (bicyclic) bond motifs is 1. The number of methoxy groups -OCH3 is 1. The molecule has 11 nitrogen and oxygen atoms in total. The van der Waals surface area contributed by atoms with Crippen LogP contribution >= 0.6 is 0 Å². The van der Waals surface area contributed by atoms with Gasteiger partial charge in [-0.1, -0.05) is 30.3 Å². The van der Waals surface area contributed by atoms with Crippen LogP contribution < -0.4 is 20.5 Å². The van der Waals surface area contributed by atoms with Gasteiger partial charge in [0.25, 0.3) is 0 Å². The third kappa shape index (κ3) is 7.10. The molecule has 0 radical (unpaired) electrons. The first-order chi connectivity index (χ1) is 19.5. The van der Waals surface area contributed by atoms with E-state index in [1.807, 2.05) is 42.5 Å². The van der Waals surface area contributed by atoms with Crippen molar-refractivity contribution in [2.45, 2.75) is 57.4 Å². The Morgan fingerprint density at radius 1 is 1.15 bits per heavy atom. The lowest BCUT2D eigenvalue weighted by molar-refractivity contribution is -0.139. The zero-order chi connectivity index (χ0) is 29.7. The number of nitrogens with one attached hydrogen (secondary N) is 1. The summed E-state index contributed by atoms with van der Waals surface area (Å²) < 4.78 is 17.0. The van der Waals surface area contributed by atoms with E-state index in [1.165, 1.54) is 4.90 Å². The maximum atomic E-state index is 13.5. The van der Waals surface area contributed by atoms with Crippen LogP contribution in [0.5, 0.6) is 11.5 Å². The molecule has 3 aromatic rings. The molecule has 3 unspecified atom stereocenters. The lowest BCUT2D eigenvalue weighted by Crippen LogP contribution is -2.53. The second-order valence-electron chi connectivity index (χ2n) is 10.7. The number of rotatable bonds is 9. The molecule has 41 heavy (non-hydrogen) atoms. The summed E-state index contributed by atoms with van der Waals surface area (Å²) in [5.74, 6) is -0.213. The highest BCUT2D eigenvalue weighted by Crippen LogP contribution is 2.34. The van der Waals surface area contributed by atoms with Gasteiger partial charge in [0.1, 0.15) is 41.6 Å². The zero-order valence-electron chi connectivity index (χ0n) is 23.5. The van der Waals surface area contributed by atoms with Gasteiger partial charge in [0.05, 0.1) is 24.9 Å². The molecule has 2 heterocycles. The minimum atomic E-state index is -1.23. The highest BCUT2D eigenvalue weighted by molar-refractivity contribution is 5.93. The highest BCUT2D eigenvalue weighted by Gasteiger charge is 2.42. The summed E-state index contributed by atoms with van der Waals surface area (Å²) in [4.78, 5) is 55.6. The van der Waals surface area contributed by atoms with Crippen molar-refractivity contribution >= 4 is 35.1 Å². The van der Waals surface area contributed by atoms with Crippen molar-refractivity contribution in [2.24, 2.45) is 5.73 Å². The Kier molecular flexibility index (Phi) is 8.75. The third-order valence-electron chi connectivity index (χ3n) is 6.54. The largest absolute Gasteiger partial charge is 0.497 e. The van der Waals surface area contributed by atoms with Crippen molar-refractivity contribution < 1.29 is 33.4 Å². The summed E-state index contributed by atoms with van der Waals surface area (Å²) >= 11 is 0. The van der Waals surface area contributed by atoms with Gasteiger partial charge in [-0.2, -0.15) is 0 Å². The number of carbonyl (C=O) groups is 4. The summed E-state index contributed by atoms with van der Waals surface area (Å²) in [5, 5.41) is 3.16. The van der Waals surface area contributed by atoms with Gasteiger partial charge in [0.2, 0.25) is 11.8 Å². The van der Waals surface area contributed by atoms with Crippen LogP contribution in [-0.4, -0.2) is 71.5 Å². The number of likely N-dealkylation sites (tertiary alicyclic amines) is 1. The van der Waals surface area contributed by atoms with Crippen LogP contribution in [0.4, 0.5) is 4.79 Å². The average molecular weight is 563 g/mol. The van der Waals surface area contributed by atoms with Crippen LogP contribution in [0.15, 0.2) is 54.6 Å². The Morgan fingerprint density at radius 3 is 2.51 bits per heavy atom. The molecular weight excluding hydrogens is 528 g/mol. The number of hydrogen-bond acceptors (Lipinski definition) is 8. The van der Waals surface area contributed by atoms with Gasteiger partial charge >= 0.3 is 6.09 Å². The van der Waals surface area contributed by atoms with Crippen LogP contribution in [0.1, 0.15) is 33.6 Å². The van der Waals surface area contributed by atoms with E-state index in [-0.39, 0.29) is 19.4 Å². The van der Waals surface area contributed by atoms with Crippen molar-refractivity contribution in [3.05, 3.63) is 54.6 Å². The van der Waals surface area contributed by atoms with E-state index in [1.54, 1.807) is 40.0 Å². The minimum Gasteiger partial charge on any atom is -0.497 e. The monoisotopic (exact) mass is 562 g/mol. The Hall–Kier alpha value is -4.67. The first kappa shape index (κ1) is 29.3. The topological polar surface area (TPSA) is 150 Å². The maximum Gasteiger partial charge on any atom is 0.408 e. The van der Waals surface area contributed by atoms with Gasteiger partial charge in [-0.05, 0) is 32.9 Å². The second kappa shape index (κ2) is 12.2. The molecule has 0 bridgehead atoms. The number of primary amides is 1. The molecule has 0 spiro atoms. The number of aldehydes is 1. The normalized spacial score (nSPS) is 17.5. The van der Waals surface area contributed by atoms with Gasteiger partial charge < -0.3 is 35.0 Å². The van der Waals surface area contributed by atoms with Gasteiger partial charge in [-0.15, -0.1) is 0 Å². The first-order valence-corrected chi connectivity index (χ1v) is 13.2. The fourth-order valence-electron chi connectivity index (χ4n) is 4.70. The summed E-state index contributed by atoms with van der Waals surface area (Å²) in [6, 6.07) is 14.6. The minimum absolute atomic E-state index is 0.0123. The summed E-state index contributed by atoms with van der Waals surface area (Å²) in [6.07, 6.45) is -1.12. The molecule has 0 saturated carbocycles. The first-order valence-electron chi connectivity index (χ1n) is 13.2. The van der Waals surface area contributed by atoms with Crippen molar-refractivity contribution in [1.29, 1.82) is 0 Å². The molecular formula is C30H34N4O7. The van der Waals surface area contributed by atoms with E-state index in [0.717, 1.165) is 10.9 Å². The Balaban J connectivity index is 1.62. The molecule has 216 valence electrons. The standard InChI is InChI=1S/C30H34N4O7/c1-30(2,3)41-29(38)33-22(12-13-35)28(37)34-17-20(15-25(34)27(31)36)40-26-16-23(18-8-6-5-7-9-18)32-24-14-19(39-4)10-11-21(24)26/h5-11,13-14,16,20,22,25H,12,15,17H2,1-4H3,(H2,31,36)(H,33,38). The molecule has 1 aliphatic heterocycles. The molecule has 3 N–H and O–H groups in total. The summed E-state index contributed by atoms with van der Waals surface area (Å²) in [7, 11) is 1.57. The number of aromatic nitrogens is 1. The second-order valence-corrected chi connectivity index (χ2v) is 10.7. The number of nitrogens with two attached hydrogens (primary N) is 1. The average Bonchev–Trinajstić information content (AvgIpc) is 3.35. The van der Waals surface area contributed by atoms with Crippen LogP contribution in [0.25, 0.3) is 22.2 Å². The maximum absolute atomic E-state index is 13.5. The fourth-order valence-corrected chi connectivity index (χ4v) is 4.70. The predicted octanol–water partition coefficient (Wildman–Crippen LogP) is 3.23. The SMILES string of the molecule is COc1ccc2c(OC3CC(C(N)=O)N(C(=O)C(CC=O)NC(=O)OC(C)(C)C)C3)cc(-c3ccccc3)nc2c1. The number of benzene rings is 2. The molecule has 2 aromatic carbocycles.